The van der Waals surface area contributed by atoms with Gasteiger partial charge in [-0.15, -0.1) is 0 Å². The Balaban J connectivity index is 3.62. The van der Waals surface area contributed by atoms with Crippen LogP contribution in [0.3, 0.4) is 0 Å². The van der Waals surface area contributed by atoms with Crippen LogP contribution < -0.4 is 0 Å². The minimum Gasteiger partial charge on any atom is -0.396 e. The van der Waals surface area contributed by atoms with Gasteiger partial charge in [0.2, 0.25) is 0 Å². The lowest BCUT2D eigenvalue weighted by Crippen LogP contribution is -2.23. The molecule has 0 aliphatic heterocycles. The molecule has 0 saturated heterocycles. The van der Waals surface area contributed by atoms with Gasteiger partial charge < -0.3 is 5.11 Å². The number of aliphatic hydroxyl groups is 1. The van der Waals surface area contributed by atoms with Gasteiger partial charge in [0.05, 0.1) is 0 Å². The second kappa shape index (κ2) is 3.01. The lowest BCUT2D eigenvalue weighted by molar-refractivity contribution is 0.220. The van der Waals surface area contributed by atoms with Gasteiger partial charge in [0.15, 0.2) is 0 Å². The van der Waals surface area contributed by atoms with Gasteiger partial charge in [-0.05, 0) is 5.92 Å². The highest BCUT2D eigenvalue weighted by atomic mass is 127. The summed E-state index contributed by atoms with van der Waals surface area (Å²) in [6.45, 7) is 6.57. The van der Waals surface area contributed by atoms with E-state index in [0.717, 1.165) is 0 Å². The average Bonchev–Trinajstić information content (AvgIpc) is 1.62. The second-order valence-electron chi connectivity index (χ2n) is 2.65. The average molecular weight is 228 g/mol. The summed E-state index contributed by atoms with van der Waals surface area (Å²) in [6, 6.07) is 0. The second-order valence-corrected chi connectivity index (χ2v) is 5.43. The van der Waals surface area contributed by atoms with E-state index in [0.29, 0.717) is 5.92 Å². The SMILES string of the molecule is C[C@@H](CO)C(C)(C)I. The molecule has 0 aromatic carbocycles. The van der Waals surface area contributed by atoms with Gasteiger partial charge >= 0.3 is 0 Å². The van der Waals surface area contributed by atoms with Crippen LogP contribution in [0, 0.1) is 5.92 Å². The fourth-order valence-corrected chi connectivity index (χ4v) is 0.414. The Morgan fingerprint density at radius 3 is 2.00 bits per heavy atom. The van der Waals surface area contributed by atoms with E-state index in [2.05, 4.69) is 36.4 Å². The van der Waals surface area contributed by atoms with Crippen molar-refractivity contribution in [2.24, 2.45) is 5.92 Å². The molecule has 8 heavy (non-hydrogen) atoms. The Hall–Kier alpha value is 0.690. The van der Waals surface area contributed by atoms with Crippen LogP contribution in [0.15, 0.2) is 0 Å². The molecule has 0 unspecified atom stereocenters. The maximum atomic E-state index is 8.67. The zero-order valence-electron chi connectivity index (χ0n) is 5.61. The van der Waals surface area contributed by atoms with Crippen molar-refractivity contribution in [1.29, 1.82) is 0 Å². The monoisotopic (exact) mass is 228 g/mol. The third-order valence-electron chi connectivity index (χ3n) is 1.45. The van der Waals surface area contributed by atoms with Crippen LogP contribution in [-0.4, -0.2) is 15.1 Å². The van der Waals surface area contributed by atoms with Gasteiger partial charge in [-0.25, -0.2) is 0 Å². The molecule has 0 spiro atoms. The highest BCUT2D eigenvalue weighted by molar-refractivity contribution is 14.1. The van der Waals surface area contributed by atoms with E-state index in [-0.39, 0.29) is 10.0 Å². The highest BCUT2D eigenvalue weighted by Gasteiger charge is 2.20. The molecular weight excluding hydrogens is 215 g/mol. The van der Waals surface area contributed by atoms with E-state index in [1.54, 1.807) is 0 Å². The van der Waals surface area contributed by atoms with Crippen LogP contribution >= 0.6 is 22.6 Å². The van der Waals surface area contributed by atoms with E-state index >= 15 is 0 Å². The molecule has 0 amide bonds. The van der Waals surface area contributed by atoms with Crippen molar-refractivity contribution in [2.45, 2.75) is 24.2 Å². The minimum absolute atomic E-state index is 0.229. The van der Waals surface area contributed by atoms with Crippen LogP contribution in [0.2, 0.25) is 0 Å². The van der Waals surface area contributed by atoms with Gasteiger partial charge in [-0.2, -0.15) is 0 Å². The molecule has 0 saturated carbocycles. The summed E-state index contributed by atoms with van der Waals surface area (Å²) in [5.41, 5.74) is 0. The molecule has 0 fully saturated rings. The van der Waals surface area contributed by atoms with E-state index in [4.69, 9.17) is 5.11 Å². The third-order valence-corrected chi connectivity index (χ3v) is 2.51. The molecule has 50 valence electrons. The first-order chi connectivity index (χ1) is 3.48. The molecule has 0 rings (SSSR count). The lowest BCUT2D eigenvalue weighted by atomic mass is 9.99. The molecule has 0 aliphatic rings. The molecule has 0 radical (unpaired) electrons. The summed E-state index contributed by atoms with van der Waals surface area (Å²) in [5, 5.41) is 8.67. The molecule has 1 atom stereocenters. The van der Waals surface area contributed by atoms with Crippen molar-refractivity contribution in [3.8, 4) is 0 Å². The van der Waals surface area contributed by atoms with Crippen LogP contribution in [0.1, 0.15) is 20.8 Å². The molecular formula is C6H13IO. The Labute approximate surface area is 64.6 Å². The predicted octanol–water partition coefficient (Wildman–Crippen LogP) is 1.83. The molecule has 0 heterocycles. The molecule has 1 N–H and O–H groups in total. The molecule has 0 aliphatic carbocycles. The van der Waals surface area contributed by atoms with Crippen molar-refractivity contribution in [1.82, 2.24) is 0 Å². The summed E-state index contributed by atoms with van der Waals surface area (Å²) in [4.78, 5) is 0. The topological polar surface area (TPSA) is 20.2 Å². The first-order valence-corrected chi connectivity index (χ1v) is 3.86. The molecule has 0 bridgehead atoms. The zero-order chi connectivity index (χ0) is 6.78. The maximum absolute atomic E-state index is 8.67. The van der Waals surface area contributed by atoms with Crippen molar-refractivity contribution in [3.63, 3.8) is 0 Å². The minimum atomic E-state index is 0.229. The van der Waals surface area contributed by atoms with Crippen LogP contribution in [0.5, 0.6) is 0 Å². The van der Waals surface area contributed by atoms with E-state index in [9.17, 15) is 0 Å². The Bertz CT molecular complexity index is 65.4. The highest BCUT2D eigenvalue weighted by Crippen LogP contribution is 2.25. The van der Waals surface area contributed by atoms with Gasteiger partial charge in [0.1, 0.15) is 0 Å². The molecule has 1 nitrogen and oxygen atoms in total. The van der Waals surface area contributed by atoms with Crippen molar-refractivity contribution in [2.75, 3.05) is 6.61 Å². The fraction of sp³-hybridized carbons (Fsp3) is 1.00. The lowest BCUT2D eigenvalue weighted by Gasteiger charge is -2.22. The molecule has 0 aromatic heterocycles. The normalized spacial score (nSPS) is 16.1. The molecule has 2 heteroatoms. The Kier molecular flexibility index (Phi) is 3.27. The summed E-state index contributed by atoms with van der Waals surface area (Å²) in [5.74, 6) is 0.392. The maximum Gasteiger partial charge on any atom is 0.0469 e. The third kappa shape index (κ3) is 2.87. The van der Waals surface area contributed by atoms with Gasteiger partial charge in [0, 0.05) is 10.0 Å². The van der Waals surface area contributed by atoms with E-state index in [1.165, 1.54) is 0 Å². The standard InChI is InChI=1S/C6H13IO/c1-5(4-8)6(2,3)7/h5,8H,4H2,1-3H3/t5-/m0/s1. The zero-order valence-corrected chi connectivity index (χ0v) is 7.77. The molecule has 0 aromatic rings. The summed E-state index contributed by atoms with van der Waals surface area (Å²) >= 11 is 2.34. The predicted molar refractivity (Wildman–Crippen MR) is 44.3 cm³/mol. The summed E-state index contributed by atoms with van der Waals surface area (Å²) < 4.78 is 0.229. The first kappa shape index (κ1) is 8.69. The van der Waals surface area contributed by atoms with Crippen LogP contribution in [0.25, 0.3) is 0 Å². The van der Waals surface area contributed by atoms with Crippen molar-refractivity contribution < 1.29 is 5.11 Å². The number of rotatable bonds is 2. The quantitative estimate of drug-likeness (QED) is 0.564. The number of aliphatic hydroxyl groups excluding tert-OH is 1. The largest absolute Gasteiger partial charge is 0.396 e. The van der Waals surface area contributed by atoms with Gasteiger partial charge in [0.25, 0.3) is 0 Å². The van der Waals surface area contributed by atoms with Crippen molar-refractivity contribution >= 4 is 22.6 Å². The van der Waals surface area contributed by atoms with Crippen LogP contribution in [-0.2, 0) is 0 Å². The summed E-state index contributed by atoms with van der Waals surface area (Å²) in [6.07, 6.45) is 0. The first-order valence-electron chi connectivity index (χ1n) is 2.78. The smallest absolute Gasteiger partial charge is 0.0469 e. The van der Waals surface area contributed by atoms with Crippen molar-refractivity contribution in [3.05, 3.63) is 0 Å². The number of hydrogen-bond acceptors (Lipinski definition) is 1. The fourth-order valence-electron chi connectivity index (χ4n) is 0.217. The van der Waals surface area contributed by atoms with E-state index < -0.39 is 0 Å². The number of halogens is 1. The van der Waals surface area contributed by atoms with Crippen LogP contribution in [0.4, 0.5) is 0 Å². The Morgan fingerprint density at radius 1 is 1.62 bits per heavy atom. The van der Waals surface area contributed by atoms with Gasteiger partial charge in [-0.3, -0.25) is 0 Å². The van der Waals surface area contributed by atoms with Gasteiger partial charge in [-0.1, -0.05) is 43.4 Å². The Morgan fingerprint density at radius 2 is 2.00 bits per heavy atom. The van der Waals surface area contributed by atoms with E-state index in [1.807, 2.05) is 6.92 Å². The number of hydrogen-bond donors (Lipinski definition) is 1. The summed E-state index contributed by atoms with van der Waals surface area (Å²) in [7, 11) is 0. The number of alkyl halides is 1.